The summed E-state index contributed by atoms with van der Waals surface area (Å²) in [4.78, 5) is 39.5. The second-order valence-corrected chi connectivity index (χ2v) is 8.09. The van der Waals surface area contributed by atoms with E-state index in [0.29, 0.717) is 16.8 Å². The summed E-state index contributed by atoms with van der Waals surface area (Å²) in [5, 5.41) is 7.74. The van der Waals surface area contributed by atoms with Crippen molar-refractivity contribution >= 4 is 34.2 Å². The van der Waals surface area contributed by atoms with Gasteiger partial charge in [0.2, 0.25) is 5.91 Å². The third kappa shape index (κ3) is 4.80. The number of hydrogen-bond acceptors (Lipinski definition) is 3. The third-order valence-electron chi connectivity index (χ3n) is 5.88. The van der Waals surface area contributed by atoms with Crippen LogP contribution in [-0.2, 0) is 4.79 Å². The fourth-order valence-electron chi connectivity index (χ4n) is 4.03. The molecule has 0 aromatic heterocycles. The first-order valence-corrected chi connectivity index (χ1v) is 11.0. The molecule has 0 atom stereocenters. The van der Waals surface area contributed by atoms with Gasteiger partial charge in [0, 0.05) is 42.9 Å². The normalized spacial score (nSPS) is 13.2. The van der Waals surface area contributed by atoms with Gasteiger partial charge in [0.15, 0.2) is 0 Å². The van der Waals surface area contributed by atoms with Gasteiger partial charge >= 0.3 is 0 Å². The topological polar surface area (TPSA) is 78.5 Å². The number of anilines is 1. The number of amides is 3. The summed E-state index contributed by atoms with van der Waals surface area (Å²) in [5.41, 5.74) is 2.57. The minimum atomic E-state index is -0.210. The lowest BCUT2D eigenvalue weighted by atomic mass is 10.1. The molecule has 164 valence electrons. The summed E-state index contributed by atoms with van der Waals surface area (Å²) in [5.74, 6) is -0.408. The maximum absolute atomic E-state index is 12.7. The van der Waals surface area contributed by atoms with E-state index in [2.05, 4.69) is 10.6 Å². The molecule has 1 fully saturated rings. The molecular formula is C26H27N3O3. The van der Waals surface area contributed by atoms with Crippen molar-refractivity contribution in [1.29, 1.82) is 0 Å². The van der Waals surface area contributed by atoms with Crippen molar-refractivity contribution in [3.8, 4) is 0 Å². The minimum absolute atomic E-state index is 0.0127. The molecule has 3 amide bonds. The monoisotopic (exact) mass is 429 g/mol. The Labute approximate surface area is 187 Å². The van der Waals surface area contributed by atoms with Crippen molar-refractivity contribution in [2.24, 2.45) is 0 Å². The van der Waals surface area contributed by atoms with Crippen LogP contribution in [0.5, 0.6) is 0 Å². The van der Waals surface area contributed by atoms with E-state index in [9.17, 15) is 14.4 Å². The van der Waals surface area contributed by atoms with Crippen LogP contribution in [0, 0.1) is 6.92 Å². The molecule has 1 aliphatic heterocycles. The number of carbonyl (C=O) groups excluding carboxylic acids is 3. The molecule has 1 aliphatic rings. The Hall–Kier alpha value is -3.67. The zero-order valence-electron chi connectivity index (χ0n) is 18.2. The van der Waals surface area contributed by atoms with E-state index in [1.165, 1.54) is 0 Å². The highest BCUT2D eigenvalue weighted by Gasteiger charge is 2.22. The smallest absolute Gasteiger partial charge is 0.254 e. The van der Waals surface area contributed by atoms with Gasteiger partial charge in [-0.2, -0.15) is 0 Å². The fraction of sp³-hybridized carbons (Fsp3) is 0.269. The number of nitrogens with zero attached hydrogens (tertiary/aromatic N) is 1. The second-order valence-electron chi connectivity index (χ2n) is 8.09. The Balaban J connectivity index is 1.32. The van der Waals surface area contributed by atoms with Crippen LogP contribution in [0.2, 0.25) is 0 Å². The van der Waals surface area contributed by atoms with Crippen LogP contribution < -0.4 is 10.6 Å². The largest absolute Gasteiger partial charge is 0.352 e. The molecule has 6 nitrogen and oxygen atoms in total. The first-order chi connectivity index (χ1) is 15.5. The molecule has 2 N–H and O–H groups in total. The van der Waals surface area contributed by atoms with Crippen molar-refractivity contribution in [1.82, 2.24) is 10.2 Å². The molecule has 0 radical (unpaired) electrons. The van der Waals surface area contributed by atoms with E-state index in [0.717, 1.165) is 42.3 Å². The minimum Gasteiger partial charge on any atom is -0.352 e. The SMILES string of the molecule is Cc1c(NC(=O)CCNC(=O)c2ccc3ccccc3c2)cccc1C(=O)N1CCCC1. The van der Waals surface area contributed by atoms with Gasteiger partial charge in [0.25, 0.3) is 11.8 Å². The number of benzene rings is 3. The molecule has 32 heavy (non-hydrogen) atoms. The lowest BCUT2D eigenvalue weighted by Gasteiger charge is -2.18. The van der Waals surface area contributed by atoms with Crippen LogP contribution in [-0.4, -0.2) is 42.3 Å². The lowest BCUT2D eigenvalue weighted by molar-refractivity contribution is -0.116. The molecule has 0 aliphatic carbocycles. The summed E-state index contributed by atoms with van der Waals surface area (Å²) in [6.07, 6.45) is 2.21. The van der Waals surface area contributed by atoms with Crippen LogP contribution >= 0.6 is 0 Å². The van der Waals surface area contributed by atoms with Gasteiger partial charge in [-0.3, -0.25) is 14.4 Å². The molecular weight excluding hydrogens is 402 g/mol. The molecule has 0 spiro atoms. The highest BCUT2D eigenvalue weighted by molar-refractivity contribution is 6.00. The standard InChI is InChI=1S/C26H27N3O3/c1-18-22(26(32)29-15-4-5-16-29)9-6-10-23(18)28-24(30)13-14-27-25(31)21-12-11-19-7-2-3-8-20(19)17-21/h2-3,6-12,17H,4-5,13-16H2,1H3,(H,27,31)(H,28,30). The summed E-state index contributed by atoms with van der Waals surface area (Å²) < 4.78 is 0. The number of fused-ring (bicyclic) bond motifs is 1. The van der Waals surface area contributed by atoms with Crippen LogP contribution in [0.25, 0.3) is 10.8 Å². The molecule has 3 aromatic rings. The summed E-state index contributed by atoms with van der Waals surface area (Å²) in [6, 6.07) is 18.8. The zero-order valence-corrected chi connectivity index (χ0v) is 18.2. The predicted octanol–water partition coefficient (Wildman–Crippen LogP) is 4.14. The molecule has 1 saturated heterocycles. The predicted molar refractivity (Wildman–Crippen MR) is 126 cm³/mol. The van der Waals surface area contributed by atoms with Gasteiger partial charge in [0.1, 0.15) is 0 Å². The fourth-order valence-corrected chi connectivity index (χ4v) is 4.03. The Kier molecular flexibility index (Phi) is 6.50. The van der Waals surface area contributed by atoms with Crippen LogP contribution in [0.4, 0.5) is 5.69 Å². The van der Waals surface area contributed by atoms with Crippen molar-refractivity contribution in [2.45, 2.75) is 26.2 Å². The molecule has 6 heteroatoms. The molecule has 4 rings (SSSR count). The van der Waals surface area contributed by atoms with Gasteiger partial charge < -0.3 is 15.5 Å². The number of nitrogens with one attached hydrogen (secondary N) is 2. The van der Waals surface area contributed by atoms with E-state index >= 15 is 0 Å². The van der Waals surface area contributed by atoms with Crippen molar-refractivity contribution in [3.63, 3.8) is 0 Å². The van der Waals surface area contributed by atoms with E-state index < -0.39 is 0 Å². The van der Waals surface area contributed by atoms with E-state index in [1.807, 2.05) is 48.2 Å². The van der Waals surface area contributed by atoms with E-state index in [4.69, 9.17) is 0 Å². The first-order valence-electron chi connectivity index (χ1n) is 11.0. The molecule has 0 saturated carbocycles. The van der Waals surface area contributed by atoms with Gasteiger partial charge in [0.05, 0.1) is 0 Å². The third-order valence-corrected chi connectivity index (χ3v) is 5.88. The Morgan fingerprint density at radius 2 is 1.66 bits per heavy atom. The highest BCUT2D eigenvalue weighted by Crippen LogP contribution is 2.22. The average molecular weight is 430 g/mol. The Morgan fingerprint density at radius 1 is 0.906 bits per heavy atom. The van der Waals surface area contributed by atoms with Gasteiger partial charge in [-0.15, -0.1) is 0 Å². The van der Waals surface area contributed by atoms with Gasteiger partial charge in [-0.05, 0) is 60.4 Å². The maximum Gasteiger partial charge on any atom is 0.254 e. The van der Waals surface area contributed by atoms with E-state index in [-0.39, 0.29) is 30.7 Å². The van der Waals surface area contributed by atoms with Crippen molar-refractivity contribution in [3.05, 3.63) is 77.4 Å². The van der Waals surface area contributed by atoms with Crippen molar-refractivity contribution in [2.75, 3.05) is 25.0 Å². The number of hydrogen-bond donors (Lipinski definition) is 2. The van der Waals surface area contributed by atoms with Crippen LogP contribution in [0.1, 0.15) is 45.5 Å². The Morgan fingerprint density at radius 3 is 2.44 bits per heavy atom. The van der Waals surface area contributed by atoms with Crippen LogP contribution in [0.15, 0.2) is 60.7 Å². The summed E-state index contributed by atoms with van der Waals surface area (Å²) in [7, 11) is 0. The van der Waals surface area contributed by atoms with Gasteiger partial charge in [-0.1, -0.05) is 36.4 Å². The first kappa shape index (κ1) is 21.6. The number of carbonyl (C=O) groups is 3. The molecule has 3 aromatic carbocycles. The maximum atomic E-state index is 12.7. The average Bonchev–Trinajstić information content (AvgIpc) is 3.34. The molecule has 1 heterocycles. The van der Waals surface area contributed by atoms with E-state index in [1.54, 1.807) is 24.3 Å². The second kappa shape index (κ2) is 9.64. The number of rotatable bonds is 6. The van der Waals surface area contributed by atoms with Crippen LogP contribution in [0.3, 0.4) is 0 Å². The molecule has 0 unspecified atom stereocenters. The van der Waals surface area contributed by atoms with Gasteiger partial charge in [-0.25, -0.2) is 0 Å². The summed E-state index contributed by atoms with van der Waals surface area (Å²) >= 11 is 0. The van der Waals surface area contributed by atoms with Crippen molar-refractivity contribution < 1.29 is 14.4 Å². The quantitative estimate of drug-likeness (QED) is 0.618. The lowest BCUT2D eigenvalue weighted by Crippen LogP contribution is -2.29. The zero-order chi connectivity index (χ0) is 22.5. The Bertz CT molecular complexity index is 1170. The number of likely N-dealkylation sites (tertiary alicyclic amines) is 1. The molecule has 0 bridgehead atoms. The highest BCUT2D eigenvalue weighted by atomic mass is 16.2. The summed E-state index contributed by atoms with van der Waals surface area (Å²) in [6.45, 7) is 3.64.